The van der Waals surface area contributed by atoms with E-state index in [9.17, 15) is 14.9 Å². The van der Waals surface area contributed by atoms with Crippen molar-refractivity contribution in [3.8, 4) is 5.69 Å². The molecule has 0 atom stereocenters. The van der Waals surface area contributed by atoms with Crippen molar-refractivity contribution in [2.24, 2.45) is 0 Å². The van der Waals surface area contributed by atoms with Crippen molar-refractivity contribution in [1.29, 1.82) is 0 Å². The highest BCUT2D eigenvalue weighted by Gasteiger charge is 2.26. The molecule has 9 heteroatoms. The van der Waals surface area contributed by atoms with Gasteiger partial charge in [0, 0.05) is 19.2 Å². The number of anilines is 1. The fraction of sp³-hybridized carbons (Fsp3) is 0.133. The van der Waals surface area contributed by atoms with Crippen molar-refractivity contribution >= 4 is 11.4 Å². The van der Waals surface area contributed by atoms with E-state index in [1.54, 1.807) is 6.07 Å². The van der Waals surface area contributed by atoms with Crippen LogP contribution in [0.2, 0.25) is 0 Å². The summed E-state index contributed by atoms with van der Waals surface area (Å²) in [6, 6.07) is 12.4. The molecule has 120 valence electrons. The largest absolute Gasteiger partial charge is 0.365 e. The molecule has 2 aromatic carbocycles. The van der Waals surface area contributed by atoms with Crippen LogP contribution in [0.4, 0.5) is 11.4 Å². The van der Waals surface area contributed by atoms with Gasteiger partial charge in [0.25, 0.3) is 5.69 Å². The Hall–Kier alpha value is -3.49. The zero-order valence-electron chi connectivity index (χ0n) is 12.4. The van der Waals surface area contributed by atoms with Gasteiger partial charge in [0.2, 0.25) is 0 Å². The van der Waals surface area contributed by atoms with E-state index in [1.807, 2.05) is 29.2 Å². The average Bonchev–Trinajstić information content (AvgIpc) is 3.20. The number of tetrazole rings is 1. The highest BCUT2D eigenvalue weighted by molar-refractivity contribution is 5.68. The average molecular weight is 324 g/mol. The van der Waals surface area contributed by atoms with Gasteiger partial charge in [0.05, 0.1) is 10.6 Å². The van der Waals surface area contributed by atoms with Gasteiger partial charge >= 0.3 is 5.69 Å². The number of H-pyrrole nitrogens is 1. The van der Waals surface area contributed by atoms with Gasteiger partial charge < -0.3 is 4.90 Å². The molecule has 0 bridgehead atoms. The lowest BCUT2D eigenvalue weighted by Gasteiger charge is -2.18. The second-order valence-electron chi connectivity index (χ2n) is 5.47. The molecular formula is C15H12N6O3. The van der Waals surface area contributed by atoms with E-state index in [4.69, 9.17) is 0 Å². The van der Waals surface area contributed by atoms with Gasteiger partial charge in [-0.05, 0) is 33.7 Å². The summed E-state index contributed by atoms with van der Waals surface area (Å²) in [5.74, 6) is 0. The Kier molecular flexibility index (Phi) is 3.12. The maximum absolute atomic E-state index is 11.7. The number of nitro groups is 1. The molecule has 0 saturated heterocycles. The first-order chi connectivity index (χ1) is 11.6. The van der Waals surface area contributed by atoms with Gasteiger partial charge in [-0.3, -0.25) is 10.1 Å². The Morgan fingerprint density at radius 3 is 2.42 bits per heavy atom. The molecule has 1 aliphatic heterocycles. The minimum absolute atomic E-state index is 0.0110. The van der Waals surface area contributed by atoms with E-state index in [0.29, 0.717) is 24.5 Å². The number of benzene rings is 2. The van der Waals surface area contributed by atoms with E-state index in [-0.39, 0.29) is 5.69 Å². The Morgan fingerprint density at radius 1 is 1.12 bits per heavy atom. The van der Waals surface area contributed by atoms with Gasteiger partial charge in [0.1, 0.15) is 5.69 Å². The van der Waals surface area contributed by atoms with Crippen molar-refractivity contribution in [2.75, 3.05) is 4.90 Å². The van der Waals surface area contributed by atoms with Crippen LogP contribution in [0.1, 0.15) is 11.1 Å². The highest BCUT2D eigenvalue weighted by Crippen LogP contribution is 2.35. The summed E-state index contributed by atoms with van der Waals surface area (Å²) in [5.41, 5.74) is 2.63. The molecule has 0 fully saturated rings. The summed E-state index contributed by atoms with van der Waals surface area (Å²) in [5, 5.41) is 20.7. The molecule has 0 amide bonds. The molecule has 9 nitrogen and oxygen atoms in total. The molecule has 0 spiro atoms. The van der Waals surface area contributed by atoms with E-state index in [2.05, 4.69) is 15.5 Å². The van der Waals surface area contributed by atoms with E-state index < -0.39 is 10.6 Å². The fourth-order valence-electron chi connectivity index (χ4n) is 2.92. The third-order valence-electron chi connectivity index (χ3n) is 4.05. The predicted molar refractivity (Wildman–Crippen MR) is 85.0 cm³/mol. The maximum Gasteiger partial charge on any atom is 0.365 e. The minimum Gasteiger partial charge on any atom is -0.357 e. The molecule has 3 aromatic rings. The van der Waals surface area contributed by atoms with Crippen molar-refractivity contribution in [3.05, 3.63) is 74.2 Å². The normalized spacial score (nSPS) is 13.1. The van der Waals surface area contributed by atoms with Crippen LogP contribution < -0.4 is 10.6 Å². The third kappa shape index (κ3) is 2.22. The second kappa shape index (κ2) is 5.30. The summed E-state index contributed by atoms with van der Waals surface area (Å²) in [6.07, 6.45) is 0. The minimum atomic E-state index is -0.500. The van der Waals surface area contributed by atoms with Gasteiger partial charge in [-0.25, -0.2) is 9.89 Å². The van der Waals surface area contributed by atoms with Crippen LogP contribution in [-0.2, 0) is 13.1 Å². The van der Waals surface area contributed by atoms with Crippen LogP contribution in [0.25, 0.3) is 5.69 Å². The van der Waals surface area contributed by atoms with Gasteiger partial charge in [-0.15, -0.1) is 0 Å². The van der Waals surface area contributed by atoms with Crippen molar-refractivity contribution in [2.45, 2.75) is 13.1 Å². The summed E-state index contributed by atoms with van der Waals surface area (Å²) in [6.45, 7) is 1.16. The predicted octanol–water partition coefficient (Wildman–Crippen LogP) is 1.38. The summed E-state index contributed by atoms with van der Waals surface area (Å²) < 4.78 is 1.07. The monoisotopic (exact) mass is 324 g/mol. The first-order valence-corrected chi connectivity index (χ1v) is 7.24. The summed E-state index contributed by atoms with van der Waals surface area (Å²) >= 11 is 0. The SMILES string of the molecule is O=c1[nH]nnn1-c1ccc([N+](=O)[O-])c(N2Cc3ccccc3C2)c1. The van der Waals surface area contributed by atoms with E-state index in [1.165, 1.54) is 12.1 Å². The van der Waals surface area contributed by atoms with Crippen molar-refractivity contribution in [1.82, 2.24) is 20.2 Å². The molecular weight excluding hydrogens is 312 g/mol. The number of nitrogens with zero attached hydrogens (tertiary/aromatic N) is 5. The topological polar surface area (TPSA) is 110 Å². The molecule has 1 aromatic heterocycles. The lowest BCUT2D eigenvalue weighted by Crippen LogP contribution is -2.19. The Balaban J connectivity index is 1.80. The second-order valence-corrected chi connectivity index (χ2v) is 5.47. The Bertz CT molecular complexity index is 968. The first-order valence-electron chi connectivity index (χ1n) is 7.24. The van der Waals surface area contributed by atoms with Crippen molar-refractivity contribution < 1.29 is 4.92 Å². The van der Waals surface area contributed by atoms with Crippen molar-refractivity contribution in [3.63, 3.8) is 0 Å². The summed E-state index contributed by atoms with van der Waals surface area (Å²) in [7, 11) is 0. The summed E-state index contributed by atoms with van der Waals surface area (Å²) in [4.78, 5) is 24.6. The Labute approximate surface area is 135 Å². The van der Waals surface area contributed by atoms with Crippen LogP contribution in [-0.4, -0.2) is 25.1 Å². The zero-order valence-corrected chi connectivity index (χ0v) is 12.4. The molecule has 0 unspecified atom stereocenters. The number of nitro benzene ring substituents is 1. The van der Waals surface area contributed by atoms with E-state index in [0.717, 1.165) is 15.8 Å². The number of rotatable bonds is 3. The van der Waals surface area contributed by atoms with Crippen LogP contribution >= 0.6 is 0 Å². The molecule has 24 heavy (non-hydrogen) atoms. The number of hydrogen-bond acceptors (Lipinski definition) is 6. The lowest BCUT2D eigenvalue weighted by molar-refractivity contribution is -0.384. The number of fused-ring (bicyclic) bond motifs is 1. The number of aromatic amines is 1. The smallest absolute Gasteiger partial charge is 0.357 e. The first kappa shape index (κ1) is 14.1. The van der Waals surface area contributed by atoms with Crippen LogP contribution in [0, 0.1) is 10.1 Å². The molecule has 4 rings (SSSR count). The number of nitrogens with one attached hydrogen (secondary N) is 1. The van der Waals surface area contributed by atoms with Crippen LogP contribution in [0.5, 0.6) is 0 Å². The number of aromatic nitrogens is 4. The fourth-order valence-corrected chi connectivity index (χ4v) is 2.92. The molecule has 2 heterocycles. The van der Waals surface area contributed by atoms with Gasteiger partial charge in [-0.1, -0.05) is 24.3 Å². The third-order valence-corrected chi connectivity index (χ3v) is 4.05. The maximum atomic E-state index is 11.7. The van der Waals surface area contributed by atoms with E-state index >= 15 is 0 Å². The molecule has 1 aliphatic rings. The highest BCUT2D eigenvalue weighted by atomic mass is 16.6. The van der Waals surface area contributed by atoms with Crippen LogP contribution in [0.3, 0.4) is 0 Å². The molecule has 0 radical (unpaired) electrons. The lowest BCUT2D eigenvalue weighted by atomic mass is 10.1. The van der Waals surface area contributed by atoms with Gasteiger partial charge in [-0.2, -0.15) is 4.68 Å². The molecule has 0 saturated carbocycles. The molecule has 1 N–H and O–H groups in total. The van der Waals surface area contributed by atoms with Gasteiger partial charge in [0.15, 0.2) is 0 Å². The number of hydrogen-bond donors (Lipinski definition) is 1. The zero-order chi connectivity index (χ0) is 16.7. The van der Waals surface area contributed by atoms with Crippen LogP contribution in [0.15, 0.2) is 47.3 Å². The standard InChI is InChI=1S/C15H12N6O3/c22-15-16-17-18-20(15)12-5-6-13(21(23)24)14(7-12)19-8-10-3-1-2-4-11(10)9-19/h1-7H,8-9H2,(H,16,18,22). The quantitative estimate of drug-likeness (QED) is 0.576. The molecule has 0 aliphatic carbocycles. The Morgan fingerprint density at radius 2 is 1.83 bits per heavy atom.